The molecular formula is C12H16N3O14P3. The highest BCUT2D eigenvalue weighted by molar-refractivity contribution is 7.66. The predicted molar refractivity (Wildman–Crippen MR) is 101 cm³/mol. The summed E-state index contributed by atoms with van der Waals surface area (Å²) in [6.45, 7) is -0.839. The summed E-state index contributed by atoms with van der Waals surface area (Å²) in [5, 5.41) is 21.2. The maximum atomic E-state index is 11.8. The first-order chi connectivity index (χ1) is 14.7. The van der Waals surface area contributed by atoms with Crippen LogP contribution in [0.1, 0.15) is 12.6 Å². The van der Waals surface area contributed by atoms with Gasteiger partial charge in [-0.15, -0.1) is 0 Å². The van der Waals surface area contributed by atoms with Crippen molar-refractivity contribution in [2.45, 2.75) is 24.9 Å². The molecule has 20 heteroatoms. The monoisotopic (exact) mass is 519 g/mol. The van der Waals surface area contributed by atoms with Crippen LogP contribution in [0.5, 0.6) is 0 Å². The third-order valence-electron chi connectivity index (χ3n) is 4.10. The first kappa shape index (κ1) is 25.1. The molecular weight excluding hydrogens is 503 g/mol. The molecule has 0 radical (unpaired) electrons. The van der Waals surface area contributed by atoms with Gasteiger partial charge in [-0.05, 0) is 6.07 Å². The van der Waals surface area contributed by atoms with Gasteiger partial charge in [0.05, 0.1) is 35.0 Å². The largest absolute Gasteiger partial charge is 0.490 e. The molecule has 1 aliphatic heterocycles. The molecule has 2 unspecified atom stereocenters. The van der Waals surface area contributed by atoms with Crippen LogP contribution in [0, 0.1) is 10.1 Å². The lowest BCUT2D eigenvalue weighted by Crippen LogP contribution is -2.26. The minimum Gasteiger partial charge on any atom is -0.390 e. The number of aliphatic hydroxyl groups excluding tert-OH is 1. The molecule has 1 aliphatic rings. The topological polar surface area (TPSA) is 250 Å². The van der Waals surface area contributed by atoms with Gasteiger partial charge in [-0.3, -0.25) is 14.6 Å². The number of imidazole rings is 1. The summed E-state index contributed by atoms with van der Waals surface area (Å²) in [6, 6.07) is 3.93. The van der Waals surface area contributed by atoms with Crippen molar-refractivity contribution < 1.29 is 61.2 Å². The van der Waals surface area contributed by atoms with Crippen molar-refractivity contribution in [2.24, 2.45) is 0 Å². The number of ether oxygens (including phenoxy) is 1. The SMILES string of the molecule is O=[N+]([O-])c1ccc2ncn([C@H]3C[C@H](O)[C@@H](COP(=O)(O)OP(=O)(O)OP(=O)(O)O)O3)c2c1. The van der Waals surface area contributed by atoms with Crippen molar-refractivity contribution in [1.82, 2.24) is 9.55 Å². The van der Waals surface area contributed by atoms with Crippen LogP contribution in [-0.4, -0.2) is 58.0 Å². The first-order valence-electron chi connectivity index (χ1n) is 8.39. The van der Waals surface area contributed by atoms with E-state index < -0.39 is 53.4 Å². The van der Waals surface area contributed by atoms with E-state index in [-0.39, 0.29) is 12.1 Å². The number of rotatable bonds is 9. The predicted octanol–water partition coefficient (Wildman–Crippen LogP) is 0.936. The molecule has 2 heterocycles. The Morgan fingerprint density at radius 3 is 2.50 bits per heavy atom. The molecule has 1 saturated heterocycles. The second-order valence-corrected chi connectivity index (χ2v) is 10.8. The highest BCUT2D eigenvalue weighted by atomic mass is 31.3. The number of phosphoric ester groups is 1. The molecule has 0 saturated carbocycles. The average Bonchev–Trinajstić information content (AvgIpc) is 3.19. The lowest BCUT2D eigenvalue weighted by atomic mass is 10.2. The normalized spacial score (nSPS) is 25.5. The number of benzene rings is 1. The molecule has 1 aromatic carbocycles. The minimum atomic E-state index is -5.68. The fourth-order valence-corrected chi connectivity index (χ4v) is 5.89. The van der Waals surface area contributed by atoms with Crippen LogP contribution in [0.4, 0.5) is 5.69 Å². The number of non-ortho nitro benzene ring substituents is 1. The fourth-order valence-electron chi connectivity index (χ4n) is 2.86. The standard InChI is InChI=1S/C12H16N3O14P3/c16-10-4-12(14-6-13-8-2-1-7(15(17)18)3-9(8)14)27-11(10)5-26-31(22,23)29-32(24,25)28-30(19,20)21/h1-3,6,10-12,16H,4-5H2,(H,22,23)(H,24,25)(H2,19,20,21)/t10-,11+,12+/m0/s1. The van der Waals surface area contributed by atoms with Gasteiger partial charge >= 0.3 is 23.5 Å². The van der Waals surface area contributed by atoms with E-state index in [0.717, 1.165) is 0 Å². The zero-order valence-electron chi connectivity index (χ0n) is 15.5. The van der Waals surface area contributed by atoms with Gasteiger partial charge in [0.2, 0.25) is 0 Å². The van der Waals surface area contributed by atoms with Gasteiger partial charge in [-0.2, -0.15) is 8.62 Å². The fraction of sp³-hybridized carbons (Fsp3) is 0.417. The Morgan fingerprint density at radius 2 is 1.88 bits per heavy atom. The number of phosphoric acid groups is 3. The van der Waals surface area contributed by atoms with Gasteiger partial charge in [0.25, 0.3) is 5.69 Å². The first-order valence-corrected chi connectivity index (χ1v) is 12.9. The molecule has 17 nitrogen and oxygen atoms in total. The maximum absolute atomic E-state index is 11.8. The number of nitro groups is 1. The van der Waals surface area contributed by atoms with Crippen LogP contribution < -0.4 is 0 Å². The summed E-state index contributed by atoms with van der Waals surface area (Å²) in [7, 11) is -16.6. The van der Waals surface area contributed by atoms with Crippen LogP contribution in [0.25, 0.3) is 11.0 Å². The van der Waals surface area contributed by atoms with Gasteiger partial charge in [-0.25, -0.2) is 18.7 Å². The summed E-state index contributed by atoms with van der Waals surface area (Å²) in [6.07, 6.45) is -2.16. The summed E-state index contributed by atoms with van der Waals surface area (Å²) in [4.78, 5) is 50.1. The minimum absolute atomic E-state index is 0.0709. The van der Waals surface area contributed by atoms with Crippen molar-refractivity contribution in [1.29, 1.82) is 0 Å². The van der Waals surface area contributed by atoms with E-state index in [1.54, 1.807) is 0 Å². The van der Waals surface area contributed by atoms with Gasteiger partial charge in [-0.1, -0.05) is 0 Å². The zero-order chi connectivity index (χ0) is 23.9. The Kier molecular flexibility index (Phi) is 7.04. The van der Waals surface area contributed by atoms with Crippen molar-refractivity contribution in [3.63, 3.8) is 0 Å². The maximum Gasteiger partial charge on any atom is 0.490 e. The number of hydrogen-bond acceptors (Lipinski definition) is 11. The van der Waals surface area contributed by atoms with Crippen molar-refractivity contribution >= 4 is 40.2 Å². The summed E-state index contributed by atoms with van der Waals surface area (Å²) < 4.78 is 52.3. The molecule has 0 bridgehead atoms. The third-order valence-corrected chi connectivity index (χ3v) is 7.90. The van der Waals surface area contributed by atoms with Crippen molar-refractivity contribution in [2.75, 3.05) is 6.61 Å². The van der Waals surface area contributed by atoms with Gasteiger partial charge < -0.3 is 34.0 Å². The molecule has 0 amide bonds. The number of nitrogens with zero attached hydrogens (tertiary/aromatic N) is 3. The van der Waals surface area contributed by atoms with Crippen LogP contribution >= 0.6 is 23.5 Å². The highest BCUT2D eigenvalue weighted by Crippen LogP contribution is 2.66. The Labute approximate surface area is 177 Å². The smallest absolute Gasteiger partial charge is 0.390 e. The molecule has 0 aliphatic carbocycles. The number of aromatic nitrogens is 2. The van der Waals surface area contributed by atoms with E-state index >= 15 is 0 Å². The summed E-state index contributed by atoms with van der Waals surface area (Å²) >= 11 is 0. The van der Waals surface area contributed by atoms with E-state index in [2.05, 4.69) is 18.1 Å². The lowest BCUT2D eigenvalue weighted by molar-refractivity contribution is -0.384. The van der Waals surface area contributed by atoms with E-state index in [1.165, 1.54) is 29.1 Å². The molecule has 3 rings (SSSR count). The Bertz CT molecular complexity index is 1160. The van der Waals surface area contributed by atoms with Crippen LogP contribution in [0.3, 0.4) is 0 Å². The van der Waals surface area contributed by atoms with E-state index in [4.69, 9.17) is 19.4 Å². The van der Waals surface area contributed by atoms with Crippen molar-refractivity contribution in [3.05, 3.63) is 34.6 Å². The second-order valence-electron chi connectivity index (χ2n) is 6.40. The summed E-state index contributed by atoms with van der Waals surface area (Å²) in [5.41, 5.74) is 0.525. The molecule has 1 fully saturated rings. The van der Waals surface area contributed by atoms with Gasteiger partial charge in [0, 0.05) is 18.6 Å². The van der Waals surface area contributed by atoms with E-state index in [1.807, 2.05) is 0 Å². The number of nitro benzene ring substituents is 1. The Morgan fingerprint density at radius 1 is 1.19 bits per heavy atom. The Hall–Kier alpha value is -1.58. The lowest BCUT2D eigenvalue weighted by Gasteiger charge is -2.19. The van der Waals surface area contributed by atoms with Crippen LogP contribution in [0.2, 0.25) is 0 Å². The third kappa shape index (κ3) is 6.26. The zero-order valence-corrected chi connectivity index (χ0v) is 18.2. The molecule has 1 aromatic heterocycles. The summed E-state index contributed by atoms with van der Waals surface area (Å²) in [5.74, 6) is 0. The average molecular weight is 519 g/mol. The molecule has 178 valence electrons. The highest BCUT2D eigenvalue weighted by Gasteiger charge is 2.43. The number of fused-ring (bicyclic) bond motifs is 1. The second kappa shape index (κ2) is 8.99. The number of aliphatic hydroxyl groups is 1. The molecule has 5 atom stereocenters. The molecule has 0 spiro atoms. The molecule has 5 N–H and O–H groups in total. The quantitative estimate of drug-likeness (QED) is 0.176. The Balaban J connectivity index is 1.67. The number of hydrogen-bond donors (Lipinski definition) is 5. The van der Waals surface area contributed by atoms with Gasteiger partial charge in [0.1, 0.15) is 12.3 Å². The van der Waals surface area contributed by atoms with Crippen LogP contribution in [-0.2, 0) is 31.6 Å². The van der Waals surface area contributed by atoms with E-state index in [0.29, 0.717) is 11.0 Å². The van der Waals surface area contributed by atoms with Gasteiger partial charge in [0.15, 0.2) is 0 Å². The van der Waals surface area contributed by atoms with Crippen LogP contribution in [0.15, 0.2) is 24.5 Å². The van der Waals surface area contributed by atoms with Crippen molar-refractivity contribution in [3.8, 4) is 0 Å². The van der Waals surface area contributed by atoms with E-state index in [9.17, 15) is 33.8 Å². The molecule has 32 heavy (non-hydrogen) atoms. The molecule has 2 aromatic rings.